The summed E-state index contributed by atoms with van der Waals surface area (Å²) in [5, 5.41) is 20.8. The first-order valence-corrected chi connectivity index (χ1v) is 25.2. The number of terminal acetylenes is 1. The molecule has 0 aliphatic carbocycles. The van der Waals surface area contributed by atoms with E-state index in [0.29, 0.717) is 154 Å². The zero-order valence-electron chi connectivity index (χ0n) is 42.4. The number of hydrogen-bond acceptors (Lipinski definition) is 19. The van der Waals surface area contributed by atoms with Crippen LogP contribution < -0.4 is 43.8 Å². The molecule has 0 bridgehead atoms. The maximum absolute atomic E-state index is 14.3. The van der Waals surface area contributed by atoms with Gasteiger partial charge in [-0.25, -0.2) is 9.36 Å². The molecule has 2 saturated heterocycles. The number of aliphatic imine (C=N–C) groups is 1. The molecular weight excluding hydrogens is 913 g/mol. The van der Waals surface area contributed by atoms with Crippen molar-refractivity contribution in [2.24, 2.45) is 45.5 Å². The molecule has 5 rings (SSSR count). The second-order valence-corrected chi connectivity index (χ2v) is 18.1. The number of nitrogens with one attached hydrogen (secondary N) is 1. The third-order valence-corrected chi connectivity index (χ3v) is 13.1. The molecule has 25 heteroatoms. The molecule has 0 aromatic carbocycles. The number of anilines is 3. The van der Waals surface area contributed by atoms with E-state index in [1.165, 1.54) is 0 Å². The average molecular weight is 993 g/mol. The van der Waals surface area contributed by atoms with Crippen LogP contribution in [0.25, 0.3) is 0 Å². The van der Waals surface area contributed by atoms with E-state index in [1.54, 1.807) is 15.6 Å². The van der Waals surface area contributed by atoms with Gasteiger partial charge in [0, 0.05) is 65.4 Å². The second kappa shape index (κ2) is 29.5. The van der Waals surface area contributed by atoms with Crippen LogP contribution in [0.2, 0.25) is 0 Å². The van der Waals surface area contributed by atoms with Crippen molar-refractivity contribution in [1.29, 1.82) is 0 Å². The van der Waals surface area contributed by atoms with Crippen molar-refractivity contribution in [3.63, 3.8) is 0 Å². The van der Waals surface area contributed by atoms with E-state index in [-0.39, 0.29) is 48.3 Å². The number of nitrogens with two attached hydrogens (primary N) is 5. The highest BCUT2D eigenvalue weighted by Crippen LogP contribution is 2.27. The Balaban J connectivity index is 1.28. The Morgan fingerprint density at radius 3 is 1.66 bits per heavy atom. The summed E-state index contributed by atoms with van der Waals surface area (Å²) >= 11 is 0. The summed E-state index contributed by atoms with van der Waals surface area (Å²) in [6.07, 6.45) is 13.7. The van der Waals surface area contributed by atoms with Crippen LogP contribution in [-0.4, -0.2) is 184 Å². The van der Waals surface area contributed by atoms with Gasteiger partial charge < -0.3 is 67.8 Å². The fourth-order valence-electron chi connectivity index (χ4n) is 8.19. The van der Waals surface area contributed by atoms with Crippen LogP contribution in [0.5, 0.6) is 0 Å². The first kappa shape index (κ1) is 56.1. The molecule has 0 radical (unpaired) electrons. The Hall–Kier alpha value is -5.78. The molecule has 3 aromatic rings. The summed E-state index contributed by atoms with van der Waals surface area (Å²) in [6.45, 7) is 15.6. The minimum absolute atomic E-state index is 0.00277. The molecule has 0 saturated carbocycles. The van der Waals surface area contributed by atoms with Crippen molar-refractivity contribution in [2.75, 3.05) is 127 Å². The van der Waals surface area contributed by atoms with Gasteiger partial charge in [0.25, 0.3) is 0 Å². The molecular formula is C46H80N20O5. The van der Waals surface area contributed by atoms with Crippen LogP contribution in [0.3, 0.4) is 0 Å². The topological polar surface area (TPSA) is 329 Å². The Morgan fingerprint density at radius 2 is 1.20 bits per heavy atom. The van der Waals surface area contributed by atoms with Crippen LogP contribution >= 0.6 is 0 Å². The molecule has 25 nitrogen and oxygen atoms in total. The molecule has 394 valence electrons. The van der Waals surface area contributed by atoms with E-state index in [1.807, 2.05) is 16.0 Å². The minimum atomic E-state index is -0.629. The summed E-state index contributed by atoms with van der Waals surface area (Å²) in [5.41, 5.74) is 31.3. The lowest BCUT2D eigenvalue weighted by molar-refractivity contribution is -0.136. The highest BCUT2D eigenvalue weighted by molar-refractivity contribution is 5.81. The van der Waals surface area contributed by atoms with Gasteiger partial charge in [0.1, 0.15) is 18.7 Å². The Morgan fingerprint density at radius 1 is 0.718 bits per heavy atom. The third-order valence-electron chi connectivity index (χ3n) is 13.1. The first-order chi connectivity index (χ1) is 34.4. The van der Waals surface area contributed by atoms with Crippen LogP contribution in [0, 0.1) is 24.2 Å². The number of ether oxygens (including phenoxy) is 3. The number of guanidine groups is 1. The molecule has 6 unspecified atom stereocenters. The van der Waals surface area contributed by atoms with E-state index < -0.39 is 12.1 Å². The number of carbonyl (C=O) groups is 2. The zero-order valence-corrected chi connectivity index (χ0v) is 42.4. The van der Waals surface area contributed by atoms with Gasteiger partial charge in [-0.3, -0.25) is 14.6 Å². The number of aromatic nitrogens is 9. The lowest BCUT2D eigenvalue weighted by atomic mass is 9.98. The fourth-order valence-corrected chi connectivity index (χ4v) is 8.19. The largest absolute Gasteiger partial charge is 0.377 e. The SMILES string of the molecule is C#CCOCCOCCOCCNc1nc(N2CCN(C(=O)C(CCCCN)n3cc(C(N)C(C)CC)nn3)CC2)nc(N2CCN(C(=O)C(CCCN=C(N)N)n3cc(C(N)C(C)CC)nn3)CC2)n1. The number of hydrogen-bond donors (Lipinski definition) is 6. The van der Waals surface area contributed by atoms with Crippen LogP contribution in [0.1, 0.15) is 108 Å². The van der Waals surface area contributed by atoms with E-state index in [4.69, 9.17) is 64.3 Å². The summed E-state index contributed by atoms with van der Waals surface area (Å²) in [4.78, 5) is 55.2. The molecule has 6 atom stereocenters. The number of rotatable bonds is 31. The van der Waals surface area contributed by atoms with Crippen LogP contribution in [-0.2, 0) is 23.8 Å². The molecule has 5 heterocycles. The van der Waals surface area contributed by atoms with Gasteiger partial charge in [0.2, 0.25) is 29.7 Å². The van der Waals surface area contributed by atoms with Crippen molar-refractivity contribution in [3.8, 4) is 12.3 Å². The summed E-state index contributed by atoms with van der Waals surface area (Å²) in [5.74, 6) is 4.03. The molecule has 2 aliphatic heterocycles. The van der Waals surface area contributed by atoms with Crippen molar-refractivity contribution in [2.45, 2.75) is 96.8 Å². The molecule has 11 N–H and O–H groups in total. The zero-order chi connectivity index (χ0) is 51.1. The lowest BCUT2D eigenvalue weighted by Gasteiger charge is -2.38. The van der Waals surface area contributed by atoms with Crippen molar-refractivity contribution in [3.05, 3.63) is 23.8 Å². The Kier molecular flexibility index (Phi) is 23.4. The standard InChI is InChI=1S/C46H80N20O5/c1-6-25-69-27-29-71-30-28-70-26-16-53-44-54-45(63-21-17-61(18-22-63)41(67)37(12-9-10-14-47)65-31-35(57-59-65)39(48)33(4)7-2)56-46(55-44)64-23-19-62(20-24-64)42(68)38(13-11-15-52-43(50)51)66-32-36(58-60-66)40(49)34(5)8-3/h1,31-34,37-40H,7-30,47-49H2,2-5H3,(H4,50,51,52)(H,53,54,55,56). The Bertz CT molecular complexity index is 2110. The number of nitrogens with zero attached hydrogens (tertiary/aromatic N) is 14. The van der Waals surface area contributed by atoms with E-state index >= 15 is 0 Å². The molecule has 71 heavy (non-hydrogen) atoms. The van der Waals surface area contributed by atoms with E-state index in [0.717, 1.165) is 25.7 Å². The van der Waals surface area contributed by atoms with E-state index in [2.05, 4.69) is 74.3 Å². The normalized spacial score (nSPS) is 16.8. The number of piperazine rings is 2. The molecule has 2 amide bonds. The van der Waals surface area contributed by atoms with Gasteiger partial charge in [-0.2, -0.15) is 15.0 Å². The van der Waals surface area contributed by atoms with Crippen molar-refractivity contribution in [1.82, 2.24) is 54.7 Å². The van der Waals surface area contributed by atoms with E-state index in [9.17, 15) is 9.59 Å². The average Bonchev–Trinajstić information content (AvgIpc) is 4.09. The third kappa shape index (κ3) is 16.9. The predicted octanol–water partition coefficient (Wildman–Crippen LogP) is 0.204. The smallest absolute Gasteiger partial charge is 0.247 e. The minimum Gasteiger partial charge on any atom is -0.377 e. The van der Waals surface area contributed by atoms with Crippen LogP contribution in [0.4, 0.5) is 17.8 Å². The van der Waals surface area contributed by atoms with Crippen molar-refractivity contribution >= 4 is 35.6 Å². The van der Waals surface area contributed by atoms with Gasteiger partial charge in [-0.15, -0.1) is 16.6 Å². The molecule has 2 fully saturated rings. The molecule has 3 aromatic heterocycles. The predicted molar refractivity (Wildman–Crippen MR) is 271 cm³/mol. The second-order valence-electron chi connectivity index (χ2n) is 18.1. The molecule has 0 spiro atoms. The number of unbranched alkanes of at least 4 members (excludes halogenated alkanes) is 1. The molecule has 2 aliphatic rings. The van der Waals surface area contributed by atoms with Gasteiger partial charge in [-0.1, -0.05) is 56.9 Å². The van der Waals surface area contributed by atoms with Gasteiger partial charge in [0.15, 0.2) is 5.96 Å². The summed E-state index contributed by atoms with van der Waals surface area (Å²) in [7, 11) is 0. The Labute approximate surface area is 418 Å². The maximum atomic E-state index is 14.3. The van der Waals surface area contributed by atoms with Crippen LogP contribution in [0.15, 0.2) is 17.4 Å². The summed E-state index contributed by atoms with van der Waals surface area (Å²) in [6, 6.07) is -1.75. The number of amides is 2. The quantitative estimate of drug-likeness (QED) is 0.0217. The number of carbonyl (C=O) groups excluding carboxylic acids is 2. The fraction of sp³-hybridized carbons (Fsp3) is 0.739. The van der Waals surface area contributed by atoms with Gasteiger partial charge >= 0.3 is 0 Å². The first-order valence-electron chi connectivity index (χ1n) is 25.2. The van der Waals surface area contributed by atoms with Crippen molar-refractivity contribution < 1.29 is 23.8 Å². The van der Waals surface area contributed by atoms with Gasteiger partial charge in [0.05, 0.1) is 68.9 Å². The van der Waals surface area contributed by atoms with Gasteiger partial charge in [-0.05, 0) is 50.5 Å². The summed E-state index contributed by atoms with van der Waals surface area (Å²) < 4.78 is 19.9. The monoisotopic (exact) mass is 993 g/mol. The lowest BCUT2D eigenvalue weighted by Crippen LogP contribution is -2.52. The highest BCUT2D eigenvalue weighted by Gasteiger charge is 2.34. The highest BCUT2D eigenvalue weighted by atomic mass is 16.5. The maximum Gasteiger partial charge on any atom is 0.247 e.